The average Bonchev–Trinajstić information content (AvgIpc) is 2.84. The van der Waals surface area contributed by atoms with E-state index >= 15 is 0 Å². The van der Waals surface area contributed by atoms with Crippen LogP contribution in [0.2, 0.25) is 0 Å². The molecule has 3 rings (SSSR count). The highest BCUT2D eigenvalue weighted by atomic mass is 16.7. The molecule has 3 aromatic carbocycles. The topological polar surface area (TPSA) is 58.6 Å². The van der Waals surface area contributed by atoms with Crippen LogP contribution in [-0.4, -0.2) is 42.0 Å². The number of hydrogen-bond donors (Lipinski definition) is 0. The molecule has 0 N–H and O–H groups in total. The average molecular weight is 496 g/mol. The molecule has 36 heavy (non-hydrogen) atoms. The van der Waals surface area contributed by atoms with Gasteiger partial charge in [-0.05, 0) is 69.0 Å². The maximum atomic E-state index is 6.14. The monoisotopic (exact) mass is 495 g/mol. The minimum Gasteiger partial charge on any atom is -0.497 e. The van der Waals surface area contributed by atoms with E-state index in [4.69, 9.17) is 28.4 Å². The summed E-state index contributed by atoms with van der Waals surface area (Å²) in [4.78, 5) is 2.14. The van der Waals surface area contributed by atoms with Gasteiger partial charge in [0.05, 0.1) is 31.3 Å². The zero-order chi connectivity index (χ0) is 26.4. The second-order valence-corrected chi connectivity index (χ2v) is 8.77. The summed E-state index contributed by atoms with van der Waals surface area (Å²) in [5.41, 5.74) is 7.78. The van der Waals surface area contributed by atoms with Crippen molar-refractivity contribution in [1.29, 1.82) is 0 Å². The van der Waals surface area contributed by atoms with Gasteiger partial charge in [-0.1, -0.05) is 17.7 Å². The Balaban J connectivity index is 2.47. The molecule has 0 saturated heterocycles. The maximum Gasteiger partial charge on any atom is 0.188 e. The lowest BCUT2D eigenvalue weighted by molar-refractivity contribution is 0.0505. The fourth-order valence-corrected chi connectivity index (χ4v) is 4.52. The number of hydrogen-bond acceptors (Lipinski definition) is 7. The first-order valence-electron chi connectivity index (χ1n) is 11.7. The van der Waals surface area contributed by atoms with Crippen LogP contribution in [0.4, 0.5) is 17.1 Å². The molecule has 0 aliphatic carbocycles. The normalized spacial score (nSPS) is 10.8. The lowest BCUT2D eigenvalue weighted by Crippen LogP contribution is -2.18. The van der Waals surface area contributed by atoms with Gasteiger partial charge in [-0.25, -0.2) is 0 Å². The smallest absolute Gasteiger partial charge is 0.188 e. The Morgan fingerprint density at radius 1 is 0.556 bits per heavy atom. The van der Waals surface area contributed by atoms with E-state index in [1.807, 2.05) is 38.1 Å². The van der Waals surface area contributed by atoms with Crippen LogP contribution in [0.5, 0.6) is 23.0 Å². The Morgan fingerprint density at radius 2 is 0.972 bits per heavy atom. The van der Waals surface area contributed by atoms with Crippen molar-refractivity contribution < 1.29 is 28.4 Å². The number of nitrogens with zero attached hydrogens (tertiary/aromatic N) is 1. The number of anilines is 3. The van der Waals surface area contributed by atoms with Gasteiger partial charge >= 0.3 is 0 Å². The van der Waals surface area contributed by atoms with Crippen molar-refractivity contribution in [2.24, 2.45) is 0 Å². The Hall–Kier alpha value is -3.42. The first kappa shape index (κ1) is 27.2. The highest BCUT2D eigenvalue weighted by Gasteiger charge is 2.27. The van der Waals surface area contributed by atoms with E-state index in [1.165, 1.54) is 5.56 Å². The van der Waals surface area contributed by atoms with Crippen LogP contribution in [0.3, 0.4) is 0 Å². The number of ether oxygens (including phenoxy) is 6. The van der Waals surface area contributed by atoms with Crippen molar-refractivity contribution in [2.75, 3.05) is 46.9 Å². The SMILES string of the molecule is COCOc1c(C)cc(OC)cc1N(c1cc(OC)cc(C)c1OCOC)c1c(C)cc(C)cc1C. The van der Waals surface area contributed by atoms with Gasteiger partial charge < -0.3 is 33.3 Å². The molecule has 0 aliphatic heterocycles. The minimum absolute atomic E-state index is 0.101. The third-order valence-corrected chi connectivity index (χ3v) is 5.91. The van der Waals surface area contributed by atoms with Crippen LogP contribution in [-0.2, 0) is 9.47 Å². The fourth-order valence-electron chi connectivity index (χ4n) is 4.52. The number of aryl methyl sites for hydroxylation is 5. The zero-order valence-electron chi connectivity index (χ0n) is 22.8. The molecule has 0 unspecified atom stereocenters. The third kappa shape index (κ3) is 5.69. The van der Waals surface area contributed by atoms with Gasteiger partial charge in [0.15, 0.2) is 13.6 Å². The molecule has 7 nitrogen and oxygen atoms in total. The highest BCUT2D eigenvalue weighted by molar-refractivity contribution is 5.88. The minimum atomic E-state index is 0.101. The Bertz CT molecular complexity index is 1120. The lowest BCUT2D eigenvalue weighted by atomic mass is 10.0. The Labute approximate surface area is 214 Å². The van der Waals surface area contributed by atoms with E-state index in [9.17, 15) is 0 Å². The number of methoxy groups -OCH3 is 4. The van der Waals surface area contributed by atoms with Crippen LogP contribution < -0.4 is 23.8 Å². The summed E-state index contributed by atoms with van der Waals surface area (Å²) < 4.78 is 34.1. The maximum absolute atomic E-state index is 6.14. The van der Waals surface area contributed by atoms with Gasteiger partial charge in [-0.15, -0.1) is 0 Å². The van der Waals surface area contributed by atoms with Gasteiger partial charge in [0.1, 0.15) is 23.0 Å². The molecule has 0 heterocycles. The summed E-state index contributed by atoms with van der Waals surface area (Å²) >= 11 is 0. The van der Waals surface area contributed by atoms with Gasteiger partial charge in [-0.2, -0.15) is 0 Å². The van der Waals surface area contributed by atoms with E-state index in [0.717, 1.165) is 39.3 Å². The standard InChI is InChI=1S/C29H37NO6/c1-18-10-19(2)27(20(3)11-18)30(25-14-23(33-8)12-21(4)28(25)35-16-31-6)26-15-24(34-9)13-22(5)29(26)36-17-32-7/h10-15H,16-17H2,1-9H3. The predicted molar refractivity (Wildman–Crippen MR) is 143 cm³/mol. The molecule has 0 spiro atoms. The Kier molecular flexibility index (Phi) is 9.07. The highest BCUT2D eigenvalue weighted by Crippen LogP contribution is 2.50. The summed E-state index contributed by atoms with van der Waals surface area (Å²) in [6.45, 7) is 10.5. The summed E-state index contributed by atoms with van der Waals surface area (Å²) in [7, 11) is 6.52. The molecule has 0 fully saturated rings. The van der Waals surface area contributed by atoms with E-state index in [2.05, 4.69) is 37.8 Å². The molecule has 0 saturated carbocycles. The first-order valence-corrected chi connectivity index (χ1v) is 11.7. The fraction of sp³-hybridized carbons (Fsp3) is 0.379. The largest absolute Gasteiger partial charge is 0.497 e. The van der Waals surface area contributed by atoms with Crippen molar-refractivity contribution >= 4 is 17.1 Å². The number of benzene rings is 3. The van der Waals surface area contributed by atoms with Gasteiger partial charge in [0.2, 0.25) is 0 Å². The second-order valence-electron chi connectivity index (χ2n) is 8.77. The molecule has 0 radical (unpaired) electrons. The molecule has 0 atom stereocenters. The molecule has 3 aromatic rings. The van der Waals surface area contributed by atoms with Crippen molar-refractivity contribution in [2.45, 2.75) is 34.6 Å². The summed E-state index contributed by atoms with van der Waals surface area (Å²) in [5.74, 6) is 2.77. The predicted octanol–water partition coefficient (Wildman–Crippen LogP) is 6.68. The first-order chi connectivity index (χ1) is 17.2. The van der Waals surface area contributed by atoms with Crippen molar-refractivity contribution in [3.05, 3.63) is 64.2 Å². The molecule has 0 bridgehead atoms. The van der Waals surface area contributed by atoms with Gasteiger partial charge in [-0.3, -0.25) is 0 Å². The quantitative estimate of drug-likeness (QED) is 0.275. The van der Waals surface area contributed by atoms with Crippen LogP contribution in [0.15, 0.2) is 36.4 Å². The molecule has 0 amide bonds. The molecule has 7 heteroatoms. The van der Waals surface area contributed by atoms with Crippen LogP contribution in [0, 0.1) is 34.6 Å². The van der Waals surface area contributed by atoms with Crippen molar-refractivity contribution in [3.8, 4) is 23.0 Å². The van der Waals surface area contributed by atoms with E-state index in [1.54, 1.807) is 28.4 Å². The summed E-state index contributed by atoms with van der Waals surface area (Å²) in [5, 5.41) is 0. The van der Waals surface area contributed by atoms with Crippen molar-refractivity contribution in [3.63, 3.8) is 0 Å². The second kappa shape index (κ2) is 12.0. The van der Waals surface area contributed by atoms with E-state index in [-0.39, 0.29) is 13.6 Å². The van der Waals surface area contributed by atoms with Crippen LogP contribution >= 0.6 is 0 Å². The molecule has 194 valence electrons. The Morgan fingerprint density at radius 3 is 1.33 bits per heavy atom. The van der Waals surface area contributed by atoms with E-state index in [0.29, 0.717) is 23.0 Å². The number of rotatable bonds is 11. The molecular weight excluding hydrogens is 458 g/mol. The molecule has 0 aliphatic rings. The molecule has 0 aromatic heterocycles. The van der Waals surface area contributed by atoms with Gasteiger partial charge in [0.25, 0.3) is 0 Å². The zero-order valence-corrected chi connectivity index (χ0v) is 22.8. The third-order valence-electron chi connectivity index (χ3n) is 5.91. The lowest BCUT2D eigenvalue weighted by Gasteiger charge is -2.33. The van der Waals surface area contributed by atoms with Gasteiger partial charge in [0, 0.05) is 26.4 Å². The molecular formula is C29H37NO6. The summed E-state index contributed by atoms with van der Waals surface area (Å²) in [6.07, 6.45) is 0. The van der Waals surface area contributed by atoms with E-state index < -0.39 is 0 Å². The van der Waals surface area contributed by atoms with Crippen LogP contribution in [0.25, 0.3) is 0 Å². The van der Waals surface area contributed by atoms with Crippen LogP contribution in [0.1, 0.15) is 27.8 Å². The van der Waals surface area contributed by atoms with Crippen molar-refractivity contribution in [1.82, 2.24) is 0 Å². The summed E-state index contributed by atoms with van der Waals surface area (Å²) in [6, 6.07) is 12.2.